The van der Waals surface area contributed by atoms with Gasteiger partial charge in [0.1, 0.15) is 0 Å². The first-order valence-electron chi connectivity index (χ1n) is 15.9. The van der Waals surface area contributed by atoms with Crippen LogP contribution in [0.5, 0.6) is 0 Å². The second-order valence-electron chi connectivity index (χ2n) is 14.1. The Balaban J connectivity index is 0.000000249. The molecule has 3 aromatic rings. The molecule has 4 aliphatic rings. The number of carbonyl (C=O) groups excluding carboxylic acids is 1. The van der Waals surface area contributed by atoms with Crippen LogP contribution in [0.4, 0.5) is 0 Å². The van der Waals surface area contributed by atoms with Crippen molar-refractivity contribution >= 4 is 16.6 Å². The monoisotopic (exact) mass is 743 g/mol. The zero-order valence-electron chi connectivity index (χ0n) is 26.2. The van der Waals surface area contributed by atoms with E-state index in [1.54, 1.807) is 5.56 Å². The molecule has 1 heterocycles. The minimum absolute atomic E-state index is 0. The molecule has 0 saturated heterocycles. The molecule has 4 aliphatic carbocycles. The summed E-state index contributed by atoms with van der Waals surface area (Å²) in [4.78, 5) is 16.0. The summed E-state index contributed by atoms with van der Waals surface area (Å²) in [5.74, 6) is 5.60. The van der Waals surface area contributed by atoms with Crippen LogP contribution in [0.2, 0.25) is 0 Å². The Bertz CT molecular complexity index is 1370. The fourth-order valence-corrected chi connectivity index (χ4v) is 8.32. The standard InChI is InChI=1S/C27H28N.C11H20O2.Ir/c1-16-8-17(2)10-22(9-16)27-25-5-3-4-24(23(25)6-7-28-27)26-20-12-18-11-19(14-20)15-21(26)13-18;1-8(2)5-10(12)7-11(13)6-9(3)4;/h3-9,18-21,26H,11-15H2,1-2H3;7-9,12H,5-6H2,1-4H3;/q-1;;/b;10-7-;. The Hall–Kier alpha value is -2.29. The number of ketones is 1. The summed E-state index contributed by atoms with van der Waals surface area (Å²) in [5.41, 5.74) is 6.29. The van der Waals surface area contributed by atoms with Gasteiger partial charge in [0, 0.05) is 45.2 Å². The predicted molar refractivity (Wildman–Crippen MR) is 170 cm³/mol. The van der Waals surface area contributed by atoms with Crippen molar-refractivity contribution in [1.29, 1.82) is 0 Å². The van der Waals surface area contributed by atoms with Gasteiger partial charge in [-0.2, -0.15) is 0 Å². The zero-order chi connectivity index (χ0) is 29.3. The molecule has 42 heavy (non-hydrogen) atoms. The molecule has 4 saturated carbocycles. The first kappa shape index (κ1) is 32.6. The van der Waals surface area contributed by atoms with E-state index in [9.17, 15) is 9.90 Å². The van der Waals surface area contributed by atoms with Crippen LogP contribution in [-0.4, -0.2) is 15.9 Å². The maximum Gasteiger partial charge on any atom is 0.159 e. The molecule has 7 rings (SSSR count). The summed E-state index contributed by atoms with van der Waals surface area (Å²) < 4.78 is 0. The molecule has 4 fully saturated rings. The molecule has 227 valence electrons. The van der Waals surface area contributed by atoms with Crippen molar-refractivity contribution in [1.82, 2.24) is 4.98 Å². The maximum absolute atomic E-state index is 11.2. The van der Waals surface area contributed by atoms with Crippen LogP contribution in [0.15, 0.2) is 54.4 Å². The van der Waals surface area contributed by atoms with Gasteiger partial charge in [-0.1, -0.05) is 59.7 Å². The van der Waals surface area contributed by atoms with Crippen molar-refractivity contribution in [2.75, 3.05) is 0 Å². The molecular weight excluding hydrogens is 695 g/mol. The average Bonchev–Trinajstić information content (AvgIpc) is 2.86. The van der Waals surface area contributed by atoms with Gasteiger partial charge < -0.3 is 10.1 Å². The molecule has 4 heteroatoms. The molecule has 1 radical (unpaired) electrons. The number of aryl methyl sites for hydroxylation is 2. The maximum atomic E-state index is 11.2. The number of hydrogen-bond acceptors (Lipinski definition) is 3. The summed E-state index contributed by atoms with van der Waals surface area (Å²) in [6.07, 6.45) is 11.9. The smallest absolute Gasteiger partial charge is 0.159 e. The fraction of sp³-hybridized carbons (Fsp3) is 0.526. The number of fused-ring (bicyclic) bond motifs is 1. The molecule has 0 spiro atoms. The third-order valence-electron chi connectivity index (χ3n) is 9.38. The zero-order valence-corrected chi connectivity index (χ0v) is 28.6. The Kier molecular flexibility index (Phi) is 10.9. The second kappa shape index (κ2) is 14.0. The Morgan fingerprint density at radius 3 is 2.17 bits per heavy atom. The molecule has 0 aliphatic heterocycles. The van der Waals surface area contributed by atoms with Crippen LogP contribution < -0.4 is 0 Å². The molecule has 0 atom stereocenters. The van der Waals surface area contributed by atoms with E-state index in [4.69, 9.17) is 4.98 Å². The largest absolute Gasteiger partial charge is 0.512 e. The number of allylic oxidation sites excluding steroid dienone is 2. The van der Waals surface area contributed by atoms with Gasteiger partial charge in [0.05, 0.1) is 5.76 Å². The number of pyridine rings is 1. The summed E-state index contributed by atoms with van der Waals surface area (Å²) in [6, 6.07) is 17.2. The number of aliphatic hydroxyl groups excluding tert-OH is 1. The molecule has 2 aromatic carbocycles. The number of carbonyl (C=O) groups is 1. The van der Waals surface area contributed by atoms with Gasteiger partial charge in [0.15, 0.2) is 5.78 Å². The van der Waals surface area contributed by atoms with Crippen LogP contribution in [0.3, 0.4) is 0 Å². The first-order chi connectivity index (χ1) is 19.6. The Morgan fingerprint density at radius 1 is 0.929 bits per heavy atom. The van der Waals surface area contributed by atoms with E-state index >= 15 is 0 Å². The van der Waals surface area contributed by atoms with Crippen molar-refractivity contribution in [3.05, 3.63) is 77.2 Å². The van der Waals surface area contributed by atoms with Crippen LogP contribution in [0.1, 0.15) is 95.2 Å². The van der Waals surface area contributed by atoms with Gasteiger partial charge in [0.2, 0.25) is 0 Å². The fourth-order valence-electron chi connectivity index (χ4n) is 8.32. The first-order valence-corrected chi connectivity index (χ1v) is 15.9. The normalized spacial score (nSPS) is 24.5. The summed E-state index contributed by atoms with van der Waals surface area (Å²) in [6.45, 7) is 12.3. The van der Waals surface area contributed by atoms with E-state index in [1.807, 2.05) is 33.9 Å². The Morgan fingerprint density at radius 2 is 1.57 bits per heavy atom. The van der Waals surface area contributed by atoms with Crippen molar-refractivity contribution in [3.63, 3.8) is 0 Å². The minimum Gasteiger partial charge on any atom is -0.512 e. The molecule has 0 unspecified atom stereocenters. The molecule has 1 aromatic heterocycles. The van der Waals surface area contributed by atoms with Gasteiger partial charge in [-0.15, -0.1) is 34.9 Å². The van der Waals surface area contributed by atoms with E-state index in [1.165, 1.54) is 60.1 Å². The van der Waals surface area contributed by atoms with Crippen LogP contribution in [0.25, 0.3) is 22.0 Å². The van der Waals surface area contributed by atoms with Gasteiger partial charge in [0.25, 0.3) is 0 Å². The summed E-state index contributed by atoms with van der Waals surface area (Å²) >= 11 is 0. The van der Waals surface area contributed by atoms with Crippen molar-refractivity contribution < 1.29 is 30.0 Å². The van der Waals surface area contributed by atoms with Crippen molar-refractivity contribution in [2.24, 2.45) is 35.5 Å². The third-order valence-corrected chi connectivity index (χ3v) is 9.38. The van der Waals surface area contributed by atoms with Crippen LogP contribution in [0, 0.1) is 55.4 Å². The number of rotatable bonds is 7. The molecular formula is C38H48IrNO2-. The summed E-state index contributed by atoms with van der Waals surface area (Å²) in [7, 11) is 0. The van der Waals surface area contributed by atoms with E-state index in [0.717, 1.165) is 40.8 Å². The van der Waals surface area contributed by atoms with Gasteiger partial charge in [-0.25, -0.2) is 0 Å². The molecule has 3 nitrogen and oxygen atoms in total. The number of aliphatic hydroxyl groups is 1. The van der Waals surface area contributed by atoms with Crippen LogP contribution in [-0.2, 0) is 24.9 Å². The molecule has 1 N–H and O–H groups in total. The number of aromatic nitrogens is 1. The predicted octanol–water partition coefficient (Wildman–Crippen LogP) is 9.95. The third kappa shape index (κ3) is 7.61. The van der Waals surface area contributed by atoms with E-state index in [-0.39, 0.29) is 31.6 Å². The van der Waals surface area contributed by atoms with Gasteiger partial charge in [-0.3, -0.25) is 4.79 Å². The average molecular weight is 743 g/mol. The quantitative estimate of drug-likeness (QED) is 0.149. The van der Waals surface area contributed by atoms with E-state index < -0.39 is 0 Å². The van der Waals surface area contributed by atoms with Crippen LogP contribution >= 0.6 is 0 Å². The minimum atomic E-state index is 0. The molecule has 4 bridgehead atoms. The van der Waals surface area contributed by atoms with Crippen molar-refractivity contribution in [2.45, 2.75) is 92.4 Å². The Labute approximate surface area is 267 Å². The molecule has 0 amide bonds. The topological polar surface area (TPSA) is 50.2 Å². The van der Waals surface area contributed by atoms with Gasteiger partial charge in [-0.05, 0) is 102 Å². The number of hydrogen-bond donors (Lipinski definition) is 1. The number of benzene rings is 2. The van der Waals surface area contributed by atoms with Crippen molar-refractivity contribution in [3.8, 4) is 11.3 Å². The summed E-state index contributed by atoms with van der Waals surface area (Å²) in [5, 5.41) is 12.1. The number of nitrogens with zero attached hydrogens (tertiary/aromatic N) is 1. The van der Waals surface area contributed by atoms with E-state index in [2.05, 4.69) is 56.3 Å². The second-order valence-corrected chi connectivity index (χ2v) is 14.1. The van der Waals surface area contributed by atoms with Gasteiger partial charge >= 0.3 is 0 Å². The van der Waals surface area contributed by atoms with E-state index in [0.29, 0.717) is 24.7 Å². The SMILES string of the molecule is CC(C)CC(=O)/C=C(\O)CC(C)C.Cc1[c-]c(-c2nccc3c(C4C5CC6CC(C5)CC4C6)cccc23)cc(C)c1.[Ir].